The fourth-order valence-corrected chi connectivity index (χ4v) is 0. The Morgan fingerprint density at radius 3 is 1.00 bits per heavy atom. The van der Waals surface area contributed by atoms with Crippen molar-refractivity contribution < 1.29 is 21.7 Å². The van der Waals surface area contributed by atoms with Crippen molar-refractivity contribution in [1.29, 1.82) is 0 Å². The van der Waals surface area contributed by atoms with Gasteiger partial charge >= 0.3 is 0 Å². The average molecular weight is 166 g/mol. The van der Waals surface area contributed by atoms with Crippen molar-refractivity contribution in [2.45, 2.75) is 0 Å². The summed E-state index contributed by atoms with van der Waals surface area (Å²) in [6.07, 6.45) is 0. The molecule has 0 amide bonds. The summed E-state index contributed by atoms with van der Waals surface area (Å²) < 4.78 is -0.167. The summed E-state index contributed by atoms with van der Waals surface area (Å²) in [5.74, 6) is 0. The third-order valence-electron chi connectivity index (χ3n) is 0. The van der Waals surface area contributed by atoms with E-state index in [9.17, 15) is 0 Å². The molecule has 0 aromatic heterocycles. The van der Waals surface area contributed by atoms with Crippen LogP contribution < -0.4 is 0 Å². The average Bonchev–Trinajstić information content (AvgIpc) is 0.811. The van der Waals surface area contributed by atoms with Crippen LogP contribution in [0.15, 0.2) is 0 Å². The molecule has 5 heavy (non-hydrogen) atoms. The largest absolute Gasteiger partial charge is 0.236 e. The Kier molecular flexibility index (Phi) is 10.9. The zero-order valence-electron chi connectivity index (χ0n) is 2.13. The molecule has 4 heteroatoms. The third kappa shape index (κ3) is 28.6. The number of hydrogen-bond acceptors (Lipinski definition) is 0. The minimum absolute atomic E-state index is 0. The predicted octanol–water partition coefficient (Wildman–Crippen LogP) is 2.15. The molecule has 1 radical (unpaired) electrons. The molecule has 29 valence electrons. The van der Waals surface area contributed by atoms with Crippen LogP contribution in [0.25, 0.3) is 0 Å². The van der Waals surface area contributed by atoms with Gasteiger partial charge in [0.15, 0.2) is 0 Å². The minimum atomic E-state index is -0.167. The first kappa shape index (κ1) is 9.77. The molecule has 0 aromatic carbocycles. The van der Waals surface area contributed by atoms with E-state index in [1.165, 1.54) is 0 Å². The van der Waals surface area contributed by atoms with E-state index in [4.69, 9.17) is 34.8 Å². The van der Waals surface area contributed by atoms with E-state index < -0.39 is 0 Å². The molecule has 0 rings (SSSR count). The van der Waals surface area contributed by atoms with Gasteiger partial charge in [-0.2, -0.15) is 0 Å². The van der Waals surface area contributed by atoms with Gasteiger partial charge < -0.3 is 0 Å². The molecule has 0 saturated heterocycles. The molecule has 0 bridgehead atoms. The normalized spacial score (nSPS) is 7.20. The summed E-state index contributed by atoms with van der Waals surface area (Å²) in [7, 11) is 0. The van der Waals surface area contributed by atoms with Crippen molar-refractivity contribution in [2.24, 2.45) is 0 Å². The van der Waals surface area contributed by atoms with Gasteiger partial charge in [-0.05, 0) is 0 Å². The predicted molar refractivity (Wildman–Crippen MR) is 20.8 cm³/mol. The van der Waals surface area contributed by atoms with E-state index in [0.29, 0.717) is 0 Å². The van der Waals surface area contributed by atoms with Gasteiger partial charge in [-0.3, -0.25) is 0 Å². The number of hydrogen-bond donors (Lipinski definition) is 0. The molecule has 0 aliphatic rings. The molecule has 0 saturated carbocycles. The molecule has 0 spiro atoms. The van der Waals surface area contributed by atoms with E-state index in [0.717, 1.165) is 0 Å². The van der Waals surface area contributed by atoms with Crippen molar-refractivity contribution in [3.63, 3.8) is 0 Å². The van der Waals surface area contributed by atoms with Crippen LogP contribution >= 0.6 is 34.8 Å². The van der Waals surface area contributed by atoms with Crippen LogP contribution in [-0.4, -0.2) is 0 Å². The summed E-state index contributed by atoms with van der Waals surface area (Å²) in [6, 6.07) is 0. The molecule has 0 nitrogen and oxygen atoms in total. The van der Waals surface area contributed by atoms with Gasteiger partial charge in [0.05, 0.1) is 0 Å². The fraction of sp³-hybridized carbons (Fsp3) is 0. The Hall–Kier alpha value is 1.58. The summed E-state index contributed by atoms with van der Waals surface area (Å²) in [4.78, 5) is 0. The maximum atomic E-state index is 4.72. The zero-order chi connectivity index (χ0) is 3.58. The monoisotopic (exact) mass is 165 g/mol. The Morgan fingerprint density at radius 2 is 1.00 bits per heavy atom. The summed E-state index contributed by atoms with van der Waals surface area (Å²) in [5.41, 5.74) is 0. The van der Waals surface area contributed by atoms with Crippen molar-refractivity contribution in [3.8, 4) is 0 Å². The van der Waals surface area contributed by atoms with Crippen LogP contribution in [0.3, 0.4) is 0 Å². The van der Waals surface area contributed by atoms with Gasteiger partial charge in [-0.1, -0.05) is 34.8 Å². The van der Waals surface area contributed by atoms with Gasteiger partial charge in [-0.15, -0.1) is 0 Å². The van der Waals surface area contributed by atoms with Gasteiger partial charge in [0.25, 0.3) is 0 Å². The maximum Gasteiger partial charge on any atom is 0.236 e. The van der Waals surface area contributed by atoms with Crippen molar-refractivity contribution in [3.05, 3.63) is 4.30 Å². The topological polar surface area (TPSA) is 0 Å². The molecule has 0 N–H and O–H groups in total. The fourth-order valence-electron chi connectivity index (χ4n) is 0. The molecule has 0 aromatic rings. The zero-order valence-corrected chi connectivity index (χ0v) is 5.96. The first-order valence-corrected chi connectivity index (χ1v) is 1.70. The van der Waals surface area contributed by atoms with Gasteiger partial charge in [0.2, 0.25) is 4.30 Å². The van der Waals surface area contributed by atoms with E-state index in [-0.39, 0.29) is 26.0 Å². The molecular formula is CCl3Ti. The maximum absolute atomic E-state index is 4.72. The first-order valence-electron chi connectivity index (χ1n) is 0.567. The number of halogens is 3. The van der Waals surface area contributed by atoms with E-state index in [2.05, 4.69) is 0 Å². The van der Waals surface area contributed by atoms with E-state index >= 15 is 0 Å². The molecular weight excluding hydrogens is 166 g/mol. The molecule has 0 atom stereocenters. The third-order valence-corrected chi connectivity index (χ3v) is 0. The first-order chi connectivity index (χ1) is 1.73. The molecule has 0 fully saturated rings. The van der Waals surface area contributed by atoms with Crippen molar-refractivity contribution in [1.82, 2.24) is 0 Å². The molecule has 0 aliphatic heterocycles. The Labute approximate surface area is 60.7 Å². The van der Waals surface area contributed by atoms with Crippen LogP contribution in [0.5, 0.6) is 0 Å². The van der Waals surface area contributed by atoms with Crippen molar-refractivity contribution >= 4 is 34.8 Å². The standard InChI is InChI=1S/CCl3.Ti/c2-1(3)4;. The summed E-state index contributed by atoms with van der Waals surface area (Å²) in [6.45, 7) is 0. The van der Waals surface area contributed by atoms with E-state index in [1.807, 2.05) is 0 Å². The van der Waals surface area contributed by atoms with Crippen LogP contribution in [0.1, 0.15) is 0 Å². The second-order valence-corrected chi connectivity index (χ2v) is 1.93. The second kappa shape index (κ2) is 5.58. The molecule has 0 unspecified atom stereocenters. The van der Waals surface area contributed by atoms with E-state index in [1.54, 1.807) is 0 Å². The minimum Gasteiger partial charge on any atom is -0.0788 e. The second-order valence-electron chi connectivity index (χ2n) is 0.214. The molecule has 0 heterocycles. The van der Waals surface area contributed by atoms with Gasteiger partial charge in [0.1, 0.15) is 0 Å². The van der Waals surface area contributed by atoms with Gasteiger partial charge in [0, 0.05) is 21.7 Å². The van der Waals surface area contributed by atoms with Crippen LogP contribution in [0, 0.1) is 4.30 Å². The van der Waals surface area contributed by atoms with Gasteiger partial charge in [-0.25, -0.2) is 0 Å². The van der Waals surface area contributed by atoms with Crippen LogP contribution in [0.2, 0.25) is 0 Å². The number of rotatable bonds is 0. The summed E-state index contributed by atoms with van der Waals surface area (Å²) >= 11 is 14.2. The SMILES string of the molecule is Cl[C](Cl)Cl.[Ti]. The Morgan fingerprint density at radius 1 is 1.00 bits per heavy atom. The van der Waals surface area contributed by atoms with Crippen molar-refractivity contribution in [2.75, 3.05) is 0 Å². The van der Waals surface area contributed by atoms with Crippen LogP contribution in [-0.2, 0) is 21.7 Å². The summed E-state index contributed by atoms with van der Waals surface area (Å²) in [5, 5.41) is 0. The van der Waals surface area contributed by atoms with Crippen LogP contribution in [0.4, 0.5) is 0 Å². The quantitative estimate of drug-likeness (QED) is 0.484. The Bertz CT molecular complexity index is 11.6. The Balaban J connectivity index is 0. The smallest absolute Gasteiger partial charge is 0.0788 e. The molecule has 0 aliphatic carbocycles.